The van der Waals surface area contributed by atoms with Crippen molar-refractivity contribution >= 4 is 21.6 Å². The lowest BCUT2D eigenvalue weighted by Crippen LogP contribution is -2.38. The molecule has 118 valence electrons. The number of benzene rings is 1. The first-order valence-corrected chi connectivity index (χ1v) is 8.85. The molecule has 0 aromatic heterocycles. The fourth-order valence-electron chi connectivity index (χ4n) is 2.91. The van der Waals surface area contributed by atoms with Crippen molar-refractivity contribution in [2.75, 3.05) is 22.7 Å². The molecule has 0 saturated carbocycles. The molecular weight excluding hydrogens is 286 g/mol. The van der Waals surface area contributed by atoms with Crippen LogP contribution in [0.2, 0.25) is 0 Å². The van der Waals surface area contributed by atoms with Crippen LogP contribution in [-0.2, 0) is 10.2 Å². The van der Waals surface area contributed by atoms with Gasteiger partial charge in [-0.05, 0) is 48.4 Å². The molecule has 21 heavy (non-hydrogen) atoms. The number of piperidine rings is 1. The Morgan fingerprint density at radius 3 is 2.10 bits per heavy atom. The van der Waals surface area contributed by atoms with Gasteiger partial charge in [0.25, 0.3) is 10.2 Å². The van der Waals surface area contributed by atoms with Gasteiger partial charge in [0.1, 0.15) is 0 Å². The van der Waals surface area contributed by atoms with Gasteiger partial charge in [-0.15, -0.1) is 0 Å². The maximum Gasteiger partial charge on any atom is 0.296 e. The summed E-state index contributed by atoms with van der Waals surface area (Å²) in [6, 6.07) is 7.36. The number of anilines is 2. The van der Waals surface area contributed by atoms with Crippen LogP contribution in [-0.4, -0.2) is 21.5 Å². The van der Waals surface area contributed by atoms with Crippen LogP contribution in [0.5, 0.6) is 0 Å². The van der Waals surface area contributed by atoms with Crippen LogP contribution >= 0.6 is 0 Å². The first-order chi connectivity index (χ1) is 9.65. The highest BCUT2D eigenvalue weighted by molar-refractivity contribution is 7.90. The van der Waals surface area contributed by atoms with Crippen molar-refractivity contribution in [3.8, 4) is 0 Å². The van der Waals surface area contributed by atoms with E-state index >= 15 is 0 Å². The van der Waals surface area contributed by atoms with E-state index in [1.165, 1.54) is 12.8 Å². The van der Waals surface area contributed by atoms with Gasteiger partial charge in [0.2, 0.25) is 0 Å². The minimum absolute atomic E-state index is 0.370. The zero-order valence-corrected chi connectivity index (χ0v) is 13.8. The SMILES string of the molecule is CC(C)(C)C1CCN(c2ccc(NS(N)(=O)=O)cc2)CC1. The van der Waals surface area contributed by atoms with Gasteiger partial charge in [0, 0.05) is 24.5 Å². The molecule has 2 rings (SSSR count). The largest absolute Gasteiger partial charge is 0.372 e. The molecule has 3 N–H and O–H groups in total. The van der Waals surface area contributed by atoms with Gasteiger partial charge in [-0.2, -0.15) is 8.42 Å². The van der Waals surface area contributed by atoms with Crippen molar-refractivity contribution < 1.29 is 8.42 Å². The maximum absolute atomic E-state index is 11.0. The molecule has 0 atom stereocenters. The van der Waals surface area contributed by atoms with Gasteiger partial charge in [-0.1, -0.05) is 20.8 Å². The summed E-state index contributed by atoms with van der Waals surface area (Å²) in [5.41, 5.74) is 1.99. The van der Waals surface area contributed by atoms with Crippen LogP contribution in [0.3, 0.4) is 0 Å². The number of nitrogens with zero attached hydrogens (tertiary/aromatic N) is 1. The molecule has 1 aromatic carbocycles. The Bertz CT molecular complexity index is 568. The Hall–Kier alpha value is -1.27. The zero-order chi connectivity index (χ0) is 15.7. The quantitative estimate of drug-likeness (QED) is 0.901. The lowest BCUT2D eigenvalue weighted by molar-refractivity contribution is 0.199. The van der Waals surface area contributed by atoms with Gasteiger partial charge < -0.3 is 4.90 Å². The highest BCUT2D eigenvalue weighted by Gasteiger charge is 2.28. The van der Waals surface area contributed by atoms with Crippen molar-refractivity contribution in [3.05, 3.63) is 24.3 Å². The molecule has 0 amide bonds. The first kappa shape index (κ1) is 16.1. The second kappa shape index (κ2) is 5.85. The van der Waals surface area contributed by atoms with Crippen molar-refractivity contribution in [3.63, 3.8) is 0 Å². The Morgan fingerprint density at radius 2 is 1.67 bits per heavy atom. The molecule has 1 aromatic rings. The van der Waals surface area contributed by atoms with E-state index in [1.54, 1.807) is 12.1 Å². The molecule has 6 heteroatoms. The molecular formula is C15H25N3O2S. The average molecular weight is 311 g/mol. The predicted octanol–water partition coefficient (Wildman–Crippen LogP) is 2.56. The molecule has 0 bridgehead atoms. The second-order valence-corrected chi connectivity index (χ2v) is 8.12. The molecule has 1 heterocycles. The molecule has 1 fully saturated rings. The predicted molar refractivity (Wildman–Crippen MR) is 87.6 cm³/mol. The first-order valence-electron chi connectivity index (χ1n) is 7.31. The van der Waals surface area contributed by atoms with E-state index < -0.39 is 10.2 Å². The van der Waals surface area contributed by atoms with E-state index in [-0.39, 0.29) is 0 Å². The lowest BCUT2D eigenvalue weighted by atomic mass is 9.75. The normalized spacial score (nSPS) is 17.8. The van der Waals surface area contributed by atoms with Crippen molar-refractivity contribution in [2.24, 2.45) is 16.5 Å². The maximum atomic E-state index is 11.0. The van der Waals surface area contributed by atoms with Crippen molar-refractivity contribution in [2.45, 2.75) is 33.6 Å². The monoisotopic (exact) mass is 311 g/mol. The van der Waals surface area contributed by atoms with Crippen LogP contribution in [0.4, 0.5) is 11.4 Å². The van der Waals surface area contributed by atoms with E-state index in [0.717, 1.165) is 24.7 Å². The van der Waals surface area contributed by atoms with E-state index in [9.17, 15) is 8.42 Å². The molecule has 5 nitrogen and oxygen atoms in total. The minimum atomic E-state index is -3.70. The lowest BCUT2D eigenvalue weighted by Gasteiger charge is -2.39. The van der Waals surface area contributed by atoms with Crippen LogP contribution < -0.4 is 14.8 Å². The molecule has 0 aliphatic carbocycles. The molecule has 1 aliphatic heterocycles. The number of rotatable bonds is 3. The summed E-state index contributed by atoms with van der Waals surface area (Å²) < 4.78 is 24.2. The third-order valence-corrected chi connectivity index (χ3v) is 4.73. The number of nitrogens with two attached hydrogens (primary N) is 1. The fourth-order valence-corrected chi connectivity index (χ4v) is 3.37. The Kier molecular flexibility index (Phi) is 4.49. The van der Waals surface area contributed by atoms with Crippen molar-refractivity contribution in [1.29, 1.82) is 0 Å². The summed E-state index contributed by atoms with van der Waals surface area (Å²) in [5.74, 6) is 0.761. The topological polar surface area (TPSA) is 75.4 Å². The highest BCUT2D eigenvalue weighted by atomic mass is 32.2. The third-order valence-electron chi connectivity index (χ3n) is 4.21. The highest BCUT2D eigenvalue weighted by Crippen LogP contribution is 2.35. The summed E-state index contributed by atoms with van der Waals surface area (Å²) in [6.45, 7) is 9.01. The smallest absolute Gasteiger partial charge is 0.296 e. The summed E-state index contributed by atoms with van der Waals surface area (Å²) in [7, 11) is -3.70. The average Bonchev–Trinajstić information content (AvgIpc) is 2.37. The molecule has 0 unspecified atom stereocenters. The standard InChI is InChI=1S/C15H25N3O2S/c1-15(2,3)12-8-10-18(11-9-12)14-6-4-13(5-7-14)17-21(16,19)20/h4-7,12,17H,8-11H2,1-3H3,(H2,16,19,20). The van der Waals surface area contributed by atoms with E-state index in [1.807, 2.05) is 12.1 Å². The van der Waals surface area contributed by atoms with E-state index in [2.05, 4.69) is 30.4 Å². The third kappa shape index (κ3) is 4.61. The van der Waals surface area contributed by atoms with Gasteiger partial charge in [0.05, 0.1) is 0 Å². The number of hydrogen-bond acceptors (Lipinski definition) is 3. The number of nitrogens with one attached hydrogen (secondary N) is 1. The summed E-state index contributed by atoms with van der Waals surface area (Å²) in [6.07, 6.45) is 2.39. The summed E-state index contributed by atoms with van der Waals surface area (Å²) >= 11 is 0. The summed E-state index contributed by atoms with van der Waals surface area (Å²) in [4.78, 5) is 2.35. The fraction of sp³-hybridized carbons (Fsp3) is 0.600. The molecule has 1 aliphatic rings. The van der Waals surface area contributed by atoms with E-state index in [4.69, 9.17) is 5.14 Å². The molecule has 0 spiro atoms. The molecule has 0 radical (unpaired) electrons. The zero-order valence-electron chi connectivity index (χ0n) is 13.0. The van der Waals surface area contributed by atoms with Gasteiger partial charge in [0.15, 0.2) is 0 Å². The van der Waals surface area contributed by atoms with E-state index in [0.29, 0.717) is 11.1 Å². The Morgan fingerprint density at radius 1 is 1.14 bits per heavy atom. The van der Waals surface area contributed by atoms with Crippen LogP contribution in [0, 0.1) is 11.3 Å². The molecule has 1 saturated heterocycles. The second-order valence-electron chi connectivity index (χ2n) is 6.82. The minimum Gasteiger partial charge on any atom is -0.372 e. The van der Waals surface area contributed by atoms with Crippen molar-refractivity contribution in [1.82, 2.24) is 0 Å². The summed E-state index contributed by atoms with van der Waals surface area (Å²) in [5, 5.41) is 4.96. The van der Waals surface area contributed by atoms with Gasteiger partial charge in [-0.3, -0.25) is 4.72 Å². The number of hydrogen-bond donors (Lipinski definition) is 2. The van der Waals surface area contributed by atoms with Crippen LogP contribution in [0.1, 0.15) is 33.6 Å². The van der Waals surface area contributed by atoms with Crippen LogP contribution in [0.25, 0.3) is 0 Å². The Labute approximate surface area is 127 Å². The van der Waals surface area contributed by atoms with Crippen LogP contribution in [0.15, 0.2) is 24.3 Å². The van der Waals surface area contributed by atoms with Gasteiger partial charge >= 0.3 is 0 Å². The van der Waals surface area contributed by atoms with Gasteiger partial charge in [-0.25, -0.2) is 5.14 Å². The Balaban J connectivity index is 1.98.